The van der Waals surface area contributed by atoms with Crippen LogP contribution in [-0.2, 0) is 14.3 Å². The average Bonchev–Trinajstić information content (AvgIpc) is 3.36. The maximum atomic E-state index is 13.7. The second kappa shape index (κ2) is 7.03. The number of carbonyl (C=O) groups excluding carboxylic acids is 2. The van der Waals surface area contributed by atoms with Crippen LogP contribution < -0.4 is 0 Å². The van der Waals surface area contributed by atoms with Crippen LogP contribution in [0.1, 0.15) is 58.3 Å². The van der Waals surface area contributed by atoms with Crippen molar-refractivity contribution in [1.29, 1.82) is 0 Å². The minimum Gasteiger partial charge on any atom is -0.375 e. The quantitative estimate of drug-likeness (QED) is 0.751. The molecule has 152 valence electrons. The number of hydrogen-bond donors (Lipinski definition) is 0. The molecule has 0 saturated carbocycles. The van der Waals surface area contributed by atoms with Gasteiger partial charge in [0, 0.05) is 45.9 Å². The summed E-state index contributed by atoms with van der Waals surface area (Å²) in [7, 11) is 3.63. The zero-order valence-electron chi connectivity index (χ0n) is 17.2. The summed E-state index contributed by atoms with van der Waals surface area (Å²) in [6.07, 6.45) is 8.24. The van der Waals surface area contributed by atoms with Crippen LogP contribution >= 0.6 is 0 Å². The van der Waals surface area contributed by atoms with Crippen LogP contribution in [0.5, 0.6) is 0 Å². The number of amides is 2. The number of carbonyl (C=O) groups is 2. The summed E-state index contributed by atoms with van der Waals surface area (Å²) in [5.41, 5.74) is -0.244. The highest BCUT2D eigenvalue weighted by Gasteiger charge is 2.60. The van der Waals surface area contributed by atoms with E-state index in [4.69, 9.17) is 4.74 Å². The van der Waals surface area contributed by atoms with E-state index in [-0.39, 0.29) is 23.0 Å². The molecule has 27 heavy (non-hydrogen) atoms. The topological polar surface area (TPSA) is 53.1 Å². The molecule has 0 N–H and O–H groups in total. The molecule has 4 heterocycles. The Morgan fingerprint density at radius 3 is 2.48 bits per heavy atom. The second-order valence-electron chi connectivity index (χ2n) is 9.35. The predicted octanol–water partition coefficient (Wildman–Crippen LogP) is 1.88. The van der Waals surface area contributed by atoms with Crippen LogP contribution in [-0.4, -0.2) is 84.5 Å². The summed E-state index contributed by atoms with van der Waals surface area (Å²) in [6.45, 7) is 5.15. The van der Waals surface area contributed by atoms with Gasteiger partial charge in [-0.25, -0.2) is 0 Å². The highest BCUT2D eigenvalue weighted by atomic mass is 16.5. The molecular formula is C21H35N3O3. The van der Waals surface area contributed by atoms with Gasteiger partial charge in [0.1, 0.15) is 0 Å². The molecule has 0 aromatic carbocycles. The third kappa shape index (κ3) is 3.09. The number of hydrogen-bond acceptors (Lipinski definition) is 4. The number of ether oxygens (including phenoxy) is 1. The molecule has 4 saturated heterocycles. The molecule has 4 aliphatic rings. The van der Waals surface area contributed by atoms with E-state index in [9.17, 15) is 9.59 Å². The number of piperidine rings is 1. The number of likely N-dealkylation sites (tertiary alicyclic amines) is 1. The molecule has 0 aromatic heterocycles. The average molecular weight is 378 g/mol. The molecule has 4 aliphatic heterocycles. The van der Waals surface area contributed by atoms with Gasteiger partial charge in [-0.15, -0.1) is 0 Å². The Labute approximate surface area is 163 Å². The van der Waals surface area contributed by atoms with Crippen molar-refractivity contribution in [1.82, 2.24) is 14.7 Å². The van der Waals surface area contributed by atoms with Crippen LogP contribution in [0, 0.1) is 5.41 Å². The van der Waals surface area contributed by atoms with E-state index >= 15 is 0 Å². The Morgan fingerprint density at radius 1 is 1.15 bits per heavy atom. The van der Waals surface area contributed by atoms with Gasteiger partial charge in [-0.1, -0.05) is 6.92 Å². The lowest BCUT2D eigenvalue weighted by Gasteiger charge is -2.44. The molecule has 4 fully saturated rings. The summed E-state index contributed by atoms with van der Waals surface area (Å²) in [5.74, 6) is 0.483. The van der Waals surface area contributed by atoms with Gasteiger partial charge < -0.3 is 14.5 Å². The van der Waals surface area contributed by atoms with E-state index in [1.54, 1.807) is 4.90 Å². The second-order valence-corrected chi connectivity index (χ2v) is 9.35. The first kappa shape index (κ1) is 19.2. The van der Waals surface area contributed by atoms with Crippen LogP contribution in [0.4, 0.5) is 0 Å². The van der Waals surface area contributed by atoms with E-state index < -0.39 is 0 Å². The zero-order valence-corrected chi connectivity index (χ0v) is 17.2. The molecule has 2 bridgehead atoms. The van der Waals surface area contributed by atoms with Crippen molar-refractivity contribution in [3.63, 3.8) is 0 Å². The number of likely N-dealkylation sites (N-methyl/N-ethyl adjacent to an activating group) is 1. The first-order valence-corrected chi connectivity index (χ1v) is 10.8. The molecule has 6 heteroatoms. The smallest absolute Gasteiger partial charge is 0.236 e. The third-order valence-electron chi connectivity index (χ3n) is 7.90. The summed E-state index contributed by atoms with van der Waals surface area (Å²) in [6, 6.07) is 0.611. The molecule has 4 rings (SSSR count). The zero-order chi connectivity index (χ0) is 19.2. The van der Waals surface area contributed by atoms with Gasteiger partial charge in [-0.3, -0.25) is 14.5 Å². The Kier molecular flexibility index (Phi) is 5.00. The fourth-order valence-electron chi connectivity index (χ4n) is 6.19. The van der Waals surface area contributed by atoms with Gasteiger partial charge >= 0.3 is 0 Å². The molecule has 3 atom stereocenters. The SMILES string of the molecule is CC[C@]1(C(=O)N2CCC3(CCCO3)CC2)C[C@H]2CC[C@@H]1N2CC(=O)N(C)C. The number of rotatable bonds is 4. The van der Waals surface area contributed by atoms with Crippen LogP contribution in [0.2, 0.25) is 0 Å². The van der Waals surface area contributed by atoms with Crippen molar-refractivity contribution in [3.8, 4) is 0 Å². The Balaban J connectivity index is 1.46. The van der Waals surface area contributed by atoms with Gasteiger partial charge in [0.2, 0.25) is 11.8 Å². The van der Waals surface area contributed by atoms with Crippen LogP contribution in [0.25, 0.3) is 0 Å². The van der Waals surface area contributed by atoms with E-state index in [0.717, 1.165) is 71.1 Å². The molecular weight excluding hydrogens is 342 g/mol. The van der Waals surface area contributed by atoms with Crippen molar-refractivity contribution in [2.45, 2.75) is 76.0 Å². The van der Waals surface area contributed by atoms with Crippen LogP contribution in [0.15, 0.2) is 0 Å². The van der Waals surface area contributed by atoms with E-state index in [1.807, 2.05) is 14.1 Å². The van der Waals surface area contributed by atoms with Gasteiger partial charge in [0.05, 0.1) is 17.6 Å². The molecule has 1 spiro atoms. The van der Waals surface area contributed by atoms with Crippen molar-refractivity contribution in [3.05, 3.63) is 0 Å². The summed E-state index contributed by atoms with van der Waals surface area (Å²) < 4.78 is 6.03. The lowest BCUT2D eigenvalue weighted by atomic mass is 9.70. The monoisotopic (exact) mass is 377 g/mol. The minimum atomic E-state index is -0.295. The lowest BCUT2D eigenvalue weighted by molar-refractivity contribution is -0.149. The molecule has 0 unspecified atom stereocenters. The lowest BCUT2D eigenvalue weighted by Crippen LogP contribution is -2.55. The third-order valence-corrected chi connectivity index (χ3v) is 7.90. The number of nitrogens with zero attached hydrogens (tertiary/aromatic N) is 3. The van der Waals surface area contributed by atoms with Crippen molar-refractivity contribution >= 4 is 11.8 Å². The van der Waals surface area contributed by atoms with Gasteiger partial charge in [-0.05, 0) is 51.4 Å². The standard InChI is InChI=1S/C21H35N3O3/c1-4-21(14-16-6-7-17(21)24(16)15-18(25)22(2)3)19(26)23-11-9-20(10-12-23)8-5-13-27-20/h16-17H,4-15H2,1-3H3/t16-,17+,21+/m1/s1. The van der Waals surface area contributed by atoms with E-state index in [0.29, 0.717) is 18.5 Å². The van der Waals surface area contributed by atoms with Crippen molar-refractivity contribution in [2.24, 2.45) is 5.41 Å². The molecule has 0 aliphatic carbocycles. The van der Waals surface area contributed by atoms with E-state index in [1.165, 1.54) is 0 Å². The minimum absolute atomic E-state index is 0.0506. The van der Waals surface area contributed by atoms with Gasteiger partial charge in [0.25, 0.3) is 0 Å². The Hall–Kier alpha value is -1.14. The first-order valence-electron chi connectivity index (χ1n) is 10.8. The summed E-state index contributed by atoms with van der Waals surface area (Å²) >= 11 is 0. The van der Waals surface area contributed by atoms with Gasteiger partial charge in [0.15, 0.2) is 0 Å². The fraction of sp³-hybridized carbons (Fsp3) is 0.905. The van der Waals surface area contributed by atoms with Crippen LogP contribution in [0.3, 0.4) is 0 Å². The highest BCUT2D eigenvalue weighted by molar-refractivity contribution is 5.85. The maximum Gasteiger partial charge on any atom is 0.236 e. The van der Waals surface area contributed by atoms with E-state index in [2.05, 4.69) is 16.7 Å². The predicted molar refractivity (Wildman–Crippen MR) is 103 cm³/mol. The van der Waals surface area contributed by atoms with Crippen molar-refractivity contribution in [2.75, 3.05) is 40.3 Å². The molecule has 2 amide bonds. The normalized spacial score (nSPS) is 35.1. The molecule has 6 nitrogen and oxygen atoms in total. The summed E-state index contributed by atoms with van der Waals surface area (Å²) in [5, 5.41) is 0. The van der Waals surface area contributed by atoms with Gasteiger partial charge in [-0.2, -0.15) is 0 Å². The maximum absolute atomic E-state index is 13.7. The largest absolute Gasteiger partial charge is 0.375 e. The molecule has 0 aromatic rings. The first-order chi connectivity index (χ1) is 12.9. The Bertz CT molecular complexity index is 591. The Morgan fingerprint density at radius 2 is 1.89 bits per heavy atom. The summed E-state index contributed by atoms with van der Waals surface area (Å²) in [4.78, 5) is 32.1. The molecule has 0 radical (unpaired) electrons. The number of fused-ring (bicyclic) bond motifs is 2. The van der Waals surface area contributed by atoms with Crippen molar-refractivity contribution < 1.29 is 14.3 Å². The fourth-order valence-corrected chi connectivity index (χ4v) is 6.19. The highest BCUT2D eigenvalue weighted by Crippen LogP contribution is 2.53.